The Hall–Kier alpha value is -0.870. The molecule has 2 aromatic carbocycles. The van der Waals surface area contributed by atoms with Gasteiger partial charge in [-0.05, 0) is 56.0 Å². The van der Waals surface area contributed by atoms with E-state index in [0.29, 0.717) is 11.4 Å². The molecule has 0 aliphatic carbocycles. The summed E-state index contributed by atoms with van der Waals surface area (Å²) in [6.45, 7) is 0. The summed E-state index contributed by atoms with van der Waals surface area (Å²) in [5.74, 6) is 0. The summed E-state index contributed by atoms with van der Waals surface area (Å²) in [4.78, 5) is 0. The average molecular weight is 368 g/mol. The van der Waals surface area contributed by atoms with Crippen LogP contribution in [0.15, 0.2) is 52.3 Å². The SMILES string of the molecule is OC(Cc1cccc(Cl)c1)c1csc2c(Br)cccc12. The van der Waals surface area contributed by atoms with Crippen molar-refractivity contribution in [3.63, 3.8) is 0 Å². The van der Waals surface area contributed by atoms with Crippen molar-refractivity contribution in [2.45, 2.75) is 12.5 Å². The number of fused-ring (bicyclic) bond motifs is 1. The molecule has 0 fully saturated rings. The molecule has 1 atom stereocenters. The molecule has 0 spiro atoms. The first kappa shape index (κ1) is 14.1. The van der Waals surface area contributed by atoms with Crippen LogP contribution in [-0.4, -0.2) is 5.11 Å². The van der Waals surface area contributed by atoms with E-state index in [1.165, 1.54) is 4.70 Å². The van der Waals surface area contributed by atoms with E-state index in [1.54, 1.807) is 11.3 Å². The van der Waals surface area contributed by atoms with Crippen LogP contribution in [0.4, 0.5) is 0 Å². The van der Waals surface area contributed by atoms with Crippen molar-refractivity contribution in [1.82, 2.24) is 0 Å². The van der Waals surface area contributed by atoms with Gasteiger partial charge in [0.2, 0.25) is 0 Å². The molecule has 0 saturated heterocycles. The van der Waals surface area contributed by atoms with Crippen molar-refractivity contribution < 1.29 is 5.11 Å². The van der Waals surface area contributed by atoms with E-state index in [-0.39, 0.29) is 0 Å². The van der Waals surface area contributed by atoms with E-state index in [0.717, 1.165) is 21.0 Å². The molecule has 20 heavy (non-hydrogen) atoms. The van der Waals surface area contributed by atoms with Crippen LogP contribution >= 0.6 is 38.9 Å². The first-order chi connectivity index (χ1) is 9.65. The van der Waals surface area contributed by atoms with Crippen LogP contribution in [0.3, 0.4) is 0 Å². The van der Waals surface area contributed by atoms with Crippen LogP contribution < -0.4 is 0 Å². The number of aliphatic hydroxyl groups is 1. The number of hydrogen-bond donors (Lipinski definition) is 1. The zero-order valence-electron chi connectivity index (χ0n) is 10.5. The lowest BCUT2D eigenvalue weighted by Gasteiger charge is -2.10. The normalized spacial score (nSPS) is 12.8. The molecule has 0 radical (unpaired) electrons. The minimum Gasteiger partial charge on any atom is -0.388 e. The van der Waals surface area contributed by atoms with E-state index in [1.807, 2.05) is 47.8 Å². The van der Waals surface area contributed by atoms with E-state index >= 15 is 0 Å². The fraction of sp³-hybridized carbons (Fsp3) is 0.125. The molecule has 3 rings (SSSR count). The molecule has 0 aliphatic heterocycles. The van der Waals surface area contributed by atoms with Gasteiger partial charge in [-0.3, -0.25) is 0 Å². The van der Waals surface area contributed by atoms with Gasteiger partial charge in [0.1, 0.15) is 0 Å². The molecule has 3 aromatic rings. The summed E-state index contributed by atoms with van der Waals surface area (Å²) < 4.78 is 2.24. The van der Waals surface area contributed by atoms with Crippen molar-refractivity contribution in [1.29, 1.82) is 0 Å². The zero-order valence-corrected chi connectivity index (χ0v) is 13.7. The third-order valence-corrected chi connectivity index (χ3v) is 5.46. The summed E-state index contributed by atoms with van der Waals surface area (Å²) in [7, 11) is 0. The van der Waals surface area contributed by atoms with Gasteiger partial charge in [0.25, 0.3) is 0 Å². The number of benzene rings is 2. The van der Waals surface area contributed by atoms with E-state index < -0.39 is 6.10 Å². The van der Waals surface area contributed by atoms with Crippen LogP contribution in [0.1, 0.15) is 17.2 Å². The molecule has 0 amide bonds. The molecule has 4 heteroatoms. The Morgan fingerprint density at radius 1 is 1.20 bits per heavy atom. The lowest BCUT2D eigenvalue weighted by atomic mass is 10.0. The Labute approximate surface area is 135 Å². The highest BCUT2D eigenvalue weighted by Crippen LogP contribution is 2.36. The van der Waals surface area contributed by atoms with E-state index in [2.05, 4.69) is 15.9 Å². The summed E-state index contributed by atoms with van der Waals surface area (Å²) in [6, 6.07) is 13.7. The van der Waals surface area contributed by atoms with Gasteiger partial charge in [0.05, 0.1) is 6.10 Å². The Kier molecular flexibility index (Phi) is 4.13. The van der Waals surface area contributed by atoms with Crippen molar-refractivity contribution in [2.24, 2.45) is 0 Å². The predicted octanol–water partition coefficient (Wildman–Crippen LogP) is 5.59. The average Bonchev–Trinajstić information content (AvgIpc) is 2.84. The first-order valence-electron chi connectivity index (χ1n) is 6.23. The third kappa shape index (κ3) is 2.77. The second kappa shape index (κ2) is 5.86. The minimum absolute atomic E-state index is 0.517. The molecule has 0 saturated carbocycles. The Morgan fingerprint density at radius 3 is 2.80 bits per heavy atom. The number of aliphatic hydroxyl groups excluding tert-OH is 1. The van der Waals surface area contributed by atoms with Crippen LogP contribution in [-0.2, 0) is 6.42 Å². The Balaban J connectivity index is 1.93. The molecule has 0 bridgehead atoms. The molecule has 1 unspecified atom stereocenters. The van der Waals surface area contributed by atoms with Gasteiger partial charge < -0.3 is 5.11 Å². The molecular formula is C16H12BrClOS. The Bertz CT molecular complexity index is 753. The quantitative estimate of drug-likeness (QED) is 0.639. The second-order valence-corrected chi connectivity index (χ2v) is 6.83. The standard InChI is InChI=1S/C16H12BrClOS/c17-14-6-2-5-12-13(9-20-16(12)14)15(19)8-10-3-1-4-11(18)7-10/h1-7,9,15,19H,8H2. The van der Waals surface area contributed by atoms with Gasteiger partial charge in [-0.1, -0.05) is 35.9 Å². The van der Waals surface area contributed by atoms with Gasteiger partial charge >= 0.3 is 0 Å². The highest BCUT2D eigenvalue weighted by Gasteiger charge is 2.15. The Morgan fingerprint density at radius 2 is 2.00 bits per heavy atom. The van der Waals surface area contributed by atoms with Crippen molar-refractivity contribution >= 4 is 49.0 Å². The molecule has 1 N–H and O–H groups in total. The smallest absolute Gasteiger partial charge is 0.0844 e. The first-order valence-corrected chi connectivity index (χ1v) is 8.28. The van der Waals surface area contributed by atoms with Crippen molar-refractivity contribution in [2.75, 3.05) is 0 Å². The summed E-state index contributed by atoms with van der Waals surface area (Å²) in [5, 5.41) is 14.3. The number of thiophene rings is 1. The highest BCUT2D eigenvalue weighted by molar-refractivity contribution is 9.10. The number of halogens is 2. The van der Waals surface area contributed by atoms with Gasteiger partial charge in [-0.25, -0.2) is 0 Å². The van der Waals surface area contributed by atoms with Gasteiger partial charge in [-0.15, -0.1) is 11.3 Å². The van der Waals surface area contributed by atoms with E-state index in [4.69, 9.17) is 11.6 Å². The maximum absolute atomic E-state index is 10.5. The maximum atomic E-state index is 10.5. The molecular weight excluding hydrogens is 356 g/mol. The van der Waals surface area contributed by atoms with Crippen molar-refractivity contribution in [3.8, 4) is 0 Å². The van der Waals surface area contributed by atoms with Crippen molar-refractivity contribution in [3.05, 3.63) is 68.5 Å². The number of hydrogen-bond acceptors (Lipinski definition) is 2. The van der Waals surface area contributed by atoms with Gasteiger partial charge in [0.15, 0.2) is 0 Å². The summed E-state index contributed by atoms with van der Waals surface area (Å²) in [6.07, 6.45) is 0.0512. The maximum Gasteiger partial charge on any atom is 0.0844 e. The zero-order chi connectivity index (χ0) is 14.1. The molecule has 0 aliphatic rings. The second-order valence-electron chi connectivity index (χ2n) is 4.66. The summed E-state index contributed by atoms with van der Waals surface area (Å²) >= 11 is 11.2. The molecule has 102 valence electrons. The van der Waals surface area contributed by atoms with Gasteiger partial charge in [-0.2, -0.15) is 0 Å². The van der Waals surface area contributed by atoms with E-state index in [9.17, 15) is 5.11 Å². The lowest BCUT2D eigenvalue weighted by molar-refractivity contribution is 0.180. The van der Waals surface area contributed by atoms with Crippen LogP contribution in [0.5, 0.6) is 0 Å². The predicted molar refractivity (Wildman–Crippen MR) is 89.6 cm³/mol. The van der Waals surface area contributed by atoms with Crippen LogP contribution in [0.2, 0.25) is 5.02 Å². The van der Waals surface area contributed by atoms with Crippen LogP contribution in [0, 0.1) is 0 Å². The summed E-state index contributed by atoms with van der Waals surface area (Å²) in [5.41, 5.74) is 2.02. The molecule has 1 nitrogen and oxygen atoms in total. The van der Waals surface area contributed by atoms with Crippen LogP contribution in [0.25, 0.3) is 10.1 Å². The molecule has 1 aromatic heterocycles. The lowest BCUT2D eigenvalue weighted by Crippen LogP contribution is -2.00. The number of rotatable bonds is 3. The fourth-order valence-corrected chi connectivity index (χ4v) is 4.18. The highest BCUT2D eigenvalue weighted by atomic mass is 79.9. The third-order valence-electron chi connectivity index (χ3n) is 3.26. The minimum atomic E-state index is -0.517. The van der Waals surface area contributed by atoms with Gasteiger partial charge in [0, 0.05) is 20.6 Å². The largest absolute Gasteiger partial charge is 0.388 e. The topological polar surface area (TPSA) is 20.2 Å². The molecule has 1 heterocycles. The fourth-order valence-electron chi connectivity index (χ4n) is 2.30. The monoisotopic (exact) mass is 366 g/mol.